The Balaban J connectivity index is 2.61. The van der Waals surface area contributed by atoms with Gasteiger partial charge in [-0.05, 0) is 45.4 Å². The van der Waals surface area contributed by atoms with Crippen LogP contribution in [0.15, 0.2) is 24.4 Å². The minimum absolute atomic E-state index is 0.191. The number of halogens is 1. The van der Waals surface area contributed by atoms with Crippen LogP contribution in [0.2, 0.25) is 5.02 Å². The van der Waals surface area contributed by atoms with E-state index in [-0.39, 0.29) is 6.04 Å². The second-order valence-electron chi connectivity index (χ2n) is 5.63. The second-order valence-corrected chi connectivity index (χ2v) is 6.04. The number of aromatic nitrogens is 2. The molecule has 0 radical (unpaired) electrons. The fourth-order valence-corrected chi connectivity index (χ4v) is 2.55. The number of nitrogens with one attached hydrogen (secondary N) is 2. The molecule has 2 aromatic rings. The van der Waals surface area contributed by atoms with E-state index in [1.807, 2.05) is 39.8 Å². The molecular weight excluding hydrogens is 324 g/mol. The van der Waals surface area contributed by atoms with Crippen molar-refractivity contribution in [2.24, 2.45) is 0 Å². The number of rotatable bonds is 7. The maximum absolute atomic E-state index is 8.25. The van der Waals surface area contributed by atoms with E-state index < -0.39 is 0 Å². The van der Waals surface area contributed by atoms with E-state index in [0.717, 1.165) is 5.56 Å². The number of hydrogen-bond acceptors (Lipinski definition) is 5. The number of pyridine rings is 2. The molecule has 2 rings (SSSR count). The smallest absolute Gasteiger partial charge is 0.222 e. The molecule has 0 bridgehead atoms. The highest BCUT2D eigenvalue weighted by atomic mass is 35.5. The highest BCUT2D eigenvalue weighted by Crippen LogP contribution is 2.34. The van der Waals surface area contributed by atoms with Gasteiger partial charge in [0, 0.05) is 12.2 Å². The van der Waals surface area contributed by atoms with Crippen molar-refractivity contribution >= 4 is 23.0 Å². The molecule has 5 nitrogen and oxygen atoms in total. The average molecular weight is 347 g/mol. The molecule has 0 aliphatic carbocycles. The lowest BCUT2D eigenvalue weighted by Gasteiger charge is -2.18. The van der Waals surface area contributed by atoms with Gasteiger partial charge in [0.05, 0.1) is 34.3 Å². The summed E-state index contributed by atoms with van der Waals surface area (Å²) >= 11 is 6.50. The van der Waals surface area contributed by atoms with E-state index in [2.05, 4.69) is 15.3 Å². The van der Waals surface area contributed by atoms with Gasteiger partial charge in [0.2, 0.25) is 5.88 Å². The van der Waals surface area contributed by atoms with Crippen LogP contribution in [0, 0.1) is 5.41 Å². The minimum atomic E-state index is 0.191. The van der Waals surface area contributed by atoms with Crippen molar-refractivity contribution in [1.29, 1.82) is 5.41 Å². The third-order valence-electron chi connectivity index (χ3n) is 3.37. The van der Waals surface area contributed by atoms with Crippen LogP contribution in [0.1, 0.15) is 39.8 Å². The van der Waals surface area contributed by atoms with Crippen molar-refractivity contribution in [2.75, 3.05) is 11.9 Å². The average Bonchev–Trinajstić information content (AvgIpc) is 2.56. The predicted molar refractivity (Wildman–Crippen MR) is 99.5 cm³/mol. The third kappa shape index (κ3) is 4.03. The Morgan fingerprint density at radius 1 is 1.38 bits per heavy atom. The molecule has 6 heteroatoms. The summed E-state index contributed by atoms with van der Waals surface area (Å²) in [5.74, 6) is 0.516. The van der Waals surface area contributed by atoms with Gasteiger partial charge in [-0.25, -0.2) is 9.97 Å². The normalized spacial score (nSPS) is 10.8. The molecule has 0 spiro atoms. The van der Waals surface area contributed by atoms with Gasteiger partial charge in [-0.1, -0.05) is 18.5 Å². The standard InChI is InChI=1S/C18H23ClN4O/c1-5-14(20)17-16(22-11(3)4)13(19)10-15(23-17)12-8-7-9-21-18(12)24-6-2/h7-11,20,22H,5-6H2,1-4H3. The Hall–Kier alpha value is -2.14. The summed E-state index contributed by atoms with van der Waals surface area (Å²) in [5, 5.41) is 12.1. The minimum Gasteiger partial charge on any atom is -0.477 e. The van der Waals surface area contributed by atoms with Crippen LogP contribution >= 0.6 is 11.6 Å². The summed E-state index contributed by atoms with van der Waals surface area (Å²) in [6.07, 6.45) is 2.25. The first-order valence-electron chi connectivity index (χ1n) is 8.10. The van der Waals surface area contributed by atoms with E-state index >= 15 is 0 Å². The van der Waals surface area contributed by atoms with Gasteiger partial charge in [-0.2, -0.15) is 0 Å². The molecule has 0 saturated heterocycles. The van der Waals surface area contributed by atoms with Gasteiger partial charge in [-0.15, -0.1) is 0 Å². The summed E-state index contributed by atoms with van der Waals surface area (Å²) in [6.45, 7) is 8.41. The zero-order chi connectivity index (χ0) is 17.7. The molecule has 2 heterocycles. The lowest BCUT2D eigenvalue weighted by atomic mass is 10.1. The summed E-state index contributed by atoms with van der Waals surface area (Å²) < 4.78 is 5.59. The van der Waals surface area contributed by atoms with Gasteiger partial charge >= 0.3 is 0 Å². The molecule has 0 fully saturated rings. The Morgan fingerprint density at radius 3 is 2.75 bits per heavy atom. The van der Waals surface area contributed by atoms with E-state index in [1.165, 1.54) is 0 Å². The van der Waals surface area contributed by atoms with Crippen LogP contribution in [-0.2, 0) is 0 Å². The van der Waals surface area contributed by atoms with Crippen LogP contribution in [-0.4, -0.2) is 28.3 Å². The van der Waals surface area contributed by atoms with Crippen LogP contribution in [0.3, 0.4) is 0 Å². The van der Waals surface area contributed by atoms with Crippen molar-refractivity contribution in [3.63, 3.8) is 0 Å². The zero-order valence-electron chi connectivity index (χ0n) is 14.5. The Kier molecular flexibility index (Phi) is 6.15. The first-order valence-corrected chi connectivity index (χ1v) is 8.48. The SMILES string of the molecule is CCOc1ncccc1-c1cc(Cl)c(NC(C)C)c(C(=N)CC)n1. The third-order valence-corrected chi connectivity index (χ3v) is 3.67. The Labute approximate surface area is 147 Å². The molecule has 0 atom stereocenters. The summed E-state index contributed by atoms with van der Waals surface area (Å²) in [6, 6.07) is 5.71. The molecule has 0 amide bonds. The number of anilines is 1. The van der Waals surface area contributed by atoms with Crippen molar-refractivity contribution in [2.45, 2.75) is 40.2 Å². The van der Waals surface area contributed by atoms with Gasteiger partial charge in [0.25, 0.3) is 0 Å². The molecule has 128 valence electrons. The van der Waals surface area contributed by atoms with Crippen molar-refractivity contribution in [1.82, 2.24) is 9.97 Å². The maximum atomic E-state index is 8.25. The van der Waals surface area contributed by atoms with Gasteiger partial charge in [-0.3, -0.25) is 0 Å². The molecule has 24 heavy (non-hydrogen) atoms. The number of hydrogen-bond donors (Lipinski definition) is 2. The molecule has 0 aliphatic rings. The van der Waals surface area contributed by atoms with Crippen LogP contribution in [0.25, 0.3) is 11.3 Å². The van der Waals surface area contributed by atoms with Gasteiger partial charge in [0.15, 0.2) is 0 Å². The first kappa shape index (κ1) is 18.2. The highest BCUT2D eigenvalue weighted by Gasteiger charge is 2.18. The lowest BCUT2D eigenvalue weighted by molar-refractivity contribution is 0.328. The Bertz CT molecular complexity index is 731. The fraction of sp³-hybridized carbons (Fsp3) is 0.389. The molecule has 2 aromatic heterocycles. The van der Waals surface area contributed by atoms with E-state index in [4.69, 9.17) is 21.7 Å². The summed E-state index contributed by atoms with van der Waals surface area (Å²) in [5.41, 5.74) is 3.12. The second kappa shape index (κ2) is 8.11. The molecule has 0 aliphatic heterocycles. The maximum Gasteiger partial charge on any atom is 0.222 e. The highest BCUT2D eigenvalue weighted by molar-refractivity contribution is 6.34. The van der Waals surface area contributed by atoms with Gasteiger partial charge < -0.3 is 15.5 Å². The first-order chi connectivity index (χ1) is 11.5. The monoisotopic (exact) mass is 346 g/mol. The van der Waals surface area contributed by atoms with Crippen molar-refractivity contribution in [3.8, 4) is 17.1 Å². The largest absolute Gasteiger partial charge is 0.477 e. The quantitative estimate of drug-likeness (QED) is 0.707. The molecule has 0 aromatic carbocycles. The molecule has 0 unspecified atom stereocenters. The van der Waals surface area contributed by atoms with Gasteiger partial charge in [0.1, 0.15) is 5.69 Å². The fourth-order valence-electron chi connectivity index (χ4n) is 2.30. The van der Waals surface area contributed by atoms with E-state index in [9.17, 15) is 0 Å². The molecule has 2 N–H and O–H groups in total. The predicted octanol–water partition coefficient (Wildman–Crippen LogP) is 4.79. The number of nitrogens with zero attached hydrogens (tertiary/aromatic N) is 2. The zero-order valence-corrected chi connectivity index (χ0v) is 15.2. The van der Waals surface area contributed by atoms with Crippen molar-refractivity contribution in [3.05, 3.63) is 35.1 Å². The van der Waals surface area contributed by atoms with Crippen molar-refractivity contribution < 1.29 is 4.74 Å². The van der Waals surface area contributed by atoms with Crippen LogP contribution in [0.4, 0.5) is 5.69 Å². The van der Waals surface area contributed by atoms with Crippen LogP contribution < -0.4 is 10.1 Å². The summed E-state index contributed by atoms with van der Waals surface area (Å²) in [7, 11) is 0. The van der Waals surface area contributed by atoms with Crippen LogP contribution in [0.5, 0.6) is 5.88 Å². The Morgan fingerprint density at radius 2 is 2.12 bits per heavy atom. The molecule has 0 saturated carbocycles. The topological polar surface area (TPSA) is 70.9 Å². The summed E-state index contributed by atoms with van der Waals surface area (Å²) in [4.78, 5) is 8.94. The number of ether oxygens (including phenoxy) is 1. The van der Waals surface area contributed by atoms with E-state index in [0.29, 0.717) is 46.7 Å². The molecular formula is C18H23ClN4O. The lowest BCUT2D eigenvalue weighted by Crippen LogP contribution is -2.15. The van der Waals surface area contributed by atoms with E-state index in [1.54, 1.807) is 12.3 Å².